The van der Waals surface area contributed by atoms with Gasteiger partial charge in [-0.25, -0.2) is 14.4 Å². The van der Waals surface area contributed by atoms with Crippen LogP contribution in [0.5, 0.6) is 5.75 Å². The zero-order chi connectivity index (χ0) is 20.4. The molecule has 1 aliphatic carbocycles. The summed E-state index contributed by atoms with van der Waals surface area (Å²) in [6.07, 6.45) is 3.82. The quantitative estimate of drug-likeness (QED) is 0.831. The molecule has 0 bridgehead atoms. The molecule has 2 heterocycles. The average molecular weight is 400 g/mol. The van der Waals surface area contributed by atoms with Crippen LogP contribution in [0.2, 0.25) is 0 Å². The Kier molecular flexibility index (Phi) is 5.69. The van der Waals surface area contributed by atoms with Gasteiger partial charge >= 0.3 is 0 Å². The fourth-order valence-corrected chi connectivity index (χ4v) is 4.17. The standard InChI is InChI=1S/C22H29FN4O2/c1-22(2)11-19(24-13-15-4-5-16(28-3)10-18(15)23)17-14-25-21(26-20(17)12-22)27-6-8-29-9-7-27/h4-5,10,14,19,24H,6-9,11-13H2,1-3H3/t19-/m0/s1. The number of halogens is 1. The first-order valence-electron chi connectivity index (χ1n) is 10.2. The molecule has 29 heavy (non-hydrogen) atoms. The van der Waals surface area contributed by atoms with Crippen LogP contribution in [0.1, 0.15) is 43.1 Å². The van der Waals surface area contributed by atoms with Gasteiger partial charge in [0.1, 0.15) is 11.6 Å². The highest BCUT2D eigenvalue weighted by Crippen LogP contribution is 2.40. The maximum absolute atomic E-state index is 14.3. The monoisotopic (exact) mass is 400 g/mol. The summed E-state index contributed by atoms with van der Waals surface area (Å²) in [5.74, 6) is 1.05. The van der Waals surface area contributed by atoms with E-state index in [1.807, 2.05) is 6.20 Å². The van der Waals surface area contributed by atoms with Crippen molar-refractivity contribution in [3.05, 3.63) is 47.0 Å². The molecule has 1 saturated heterocycles. The van der Waals surface area contributed by atoms with E-state index in [1.165, 1.54) is 6.07 Å². The van der Waals surface area contributed by atoms with Crippen molar-refractivity contribution in [2.24, 2.45) is 5.41 Å². The minimum Gasteiger partial charge on any atom is -0.497 e. The number of benzene rings is 1. The molecule has 7 heteroatoms. The minimum atomic E-state index is -0.258. The van der Waals surface area contributed by atoms with Crippen LogP contribution in [-0.4, -0.2) is 43.4 Å². The molecular formula is C22H29FN4O2. The molecule has 1 aromatic carbocycles. The summed E-state index contributed by atoms with van der Waals surface area (Å²) in [4.78, 5) is 11.7. The zero-order valence-corrected chi connectivity index (χ0v) is 17.4. The summed E-state index contributed by atoms with van der Waals surface area (Å²) < 4.78 is 24.9. The average Bonchev–Trinajstić information content (AvgIpc) is 2.72. The molecule has 0 unspecified atom stereocenters. The smallest absolute Gasteiger partial charge is 0.225 e. The van der Waals surface area contributed by atoms with Gasteiger partial charge in [-0.3, -0.25) is 0 Å². The van der Waals surface area contributed by atoms with Gasteiger partial charge in [-0.15, -0.1) is 0 Å². The number of hydrogen-bond donors (Lipinski definition) is 1. The lowest BCUT2D eigenvalue weighted by molar-refractivity contribution is 0.122. The van der Waals surface area contributed by atoms with Crippen LogP contribution in [0.3, 0.4) is 0 Å². The van der Waals surface area contributed by atoms with Crippen molar-refractivity contribution in [1.29, 1.82) is 0 Å². The Morgan fingerprint density at radius 3 is 2.83 bits per heavy atom. The first-order chi connectivity index (χ1) is 13.9. The van der Waals surface area contributed by atoms with Gasteiger partial charge in [0.15, 0.2) is 0 Å². The fraction of sp³-hybridized carbons (Fsp3) is 0.545. The molecule has 0 spiro atoms. The maximum Gasteiger partial charge on any atom is 0.225 e. The summed E-state index contributed by atoms with van der Waals surface area (Å²) in [5.41, 5.74) is 2.95. The van der Waals surface area contributed by atoms with Crippen LogP contribution in [0.4, 0.5) is 10.3 Å². The Labute approximate surface area is 171 Å². The predicted molar refractivity (Wildman–Crippen MR) is 110 cm³/mol. The topological polar surface area (TPSA) is 59.5 Å². The van der Waals surface area contributed by atoms with E-state index >= 15 is 0 Å². The van der Waals surface area contributed by atoms with Gasteiger partial charge in [0.25, 0.3) is 0 Å². The van der Waals surface area contributed by atoms with Crippen LogP contribution in [0.15, 0.2) is 24.4 Å². The van der Waals surface area contributed by atoms with E-state index in [0.717, 1.165) is 43.1 Å². The van der Waals surface area contributed by atoms with Gasteiger partial charge in [0.2, 0.25) is 5.95 Å². The van der Waals surface area contributed by atoms with Crippen LogP contribution >= 0.6 is 0 Å². The van der Waals surface area contributed by atoms with Crippen LogP contribution in [0, 0.1) is 11.2 Å². The van der Waals surface area contributed by atoms with E-state index in [1.54, 1.807) is 19.2 Å². The second kappa shape index (κ2) is 8.24. The number of fused-ring (bicyclic) bond motifs is 1. The van der Waals surface area contributed by atoms with Crippen LogP contribution in [-0.2, 0) is 17.7 Å². The third-order valence-corrected chi connectivity index (χ3v) is 5.76. The SMILES string of the molecule is COc1ccc(CN[C@H]2CC(C)(C)Cc3nc(N4CCOCC4)ncc32)c(F)c1. The van der Waals surface area contributed by atoms with Crippen molar-refractivity contribution < 1.29 is 13.9 Å². The lowest BCUT2D eigenvalue weighted by Gasteiger charge is -2.37. The molecule has 0 amide bonds. The highest BCUT2D eigenvalue weighted by atomic mass is 19.1. The van der Waals surface area contributed by atoms with Crippen molar-refractivity contribution in [3.63, 3.8) is 0 Å². The zero-order valence-electron chi connectivity index (χ0n) is 17.4. The predicted octanol–water partition coefficient (Wildman–Crippen LogP) is 3.26. The number of methoxy groups -OCH3 is 1. The van der Waals surface area contributed by atoms with Gasteiger partial charge in [-0.1, -0.05) is 19.9 Å². The summed E-state index contributed by atoms with van der Waals surface area (Å²) in [5, 5.41) is 3.53. The molecule has 1 N–H and O–H groups in total. The first kappa shape index (κ1) is 20.0. The molecule has 1 fully saturated rings. The van der Waals surface area contributed by atoms with E-state index in [4.69, 9.17) is 14.5 Å². The van der Waals surface area contributed by atoms with Crippen LogP contribution < -0.4 is 15.0 Å². The number of nitrogens with zero attached hydrogens (tertiary/aromatic N) is 3. The largest absolute Gasteiger partial charge is 0.497 e. The molecule has 156 valence electrons. The number of nitrogens with one attached hydrogen (secondary N) is 1. The van der Waals surface area contributed by atoms with E-state index in [0.29, 0.717) is 31.1 Å². The van der Waals surface area contributed by atoms with Crippen molar-refractivity contribution in [2.45, 2.75) is 39.3 Å². The minimum absolute atomic E-state index is 0.0917. The molecule has 1 aromatic heterocycles. The molecular weight excluding hydrogens is 371 g/mol. The van der Waals surface area contributed by atoms with Crippen molar-refractivity contribution >= 4 is 5.95 Å². The van der Waals surface area contributed by atoms with Crippen molar-refractivity contribution in [3.8, 4) is 5.75 Å². The molecule has 4 rings (SSSR count). The Balaban J connectivity index is 1.54. The van der Waals surface area contributed by atoms with E-state index in [2.05, 4.69) is 29.0 Å². The molecule has 1 aliphatic heterocycles. The number of morpholine rings is 1. The number of ether oxygens (including phenoxy) is 2. The van der Waals surface area contributed by atoms with E-state index in [-0.39, 0.29) is 17.3 Å². The van der Waals surface area contributed by atoms with Gasteiger partial charge in [-0.05, 0) is 24.3 Å². The third-order valence-electron chi connectivity index (χ3n) is 5.76. The van der Waals surface area contributed by atoms with Crippen molar-refractivity contribution in [1.82, 2.24) is 15.3 Å². The molecule has 0 saturated carbocycles. The number of rotatable bonds is 5. The van der Waals surface area contributed by atoms with E-state index in [9.17, 15) is 4.39 Å². The first-order valence-corrected chi connectivity index (χ1v) is 10.2. The summed E-state index contributed by atoms with van der Waals surface area (Å²) in [6, 6.07) is 5.08. The highest BCUT2D eigenvalue weighted by molar-refractivity contribution is 5.37. The number of hydrogen-bond acceptors (Lipinski definition) is 6. The third kappa shape index (κ3) is 4.51. The summed E-state index contributed by atoms with van der Waals surface area (Å²) in [7, 11) is 1.54. The van der Waals surface area contributed by atoms with Crippen molar-refractivity contribution in [2.75, 3.05) is 38.3 Å². The van der Waals surface area contributed by atoms with Gasteiger partial charge < -0.3 is 19.7 Å². The Bertz CT molecular complexity index is 868. The molecule has 0 radical (unpaired) electrons. The van der Waals surface area contributed by atoms with Gasteiger partial charge in [0.05, 0.1) is 26.0 Å². The lowest BCUT2D eigenvalue weighted by Crippen LogP contribution is -2.39. The lowest BCUT2D eigenvalue weighted by atomic mass is 9.74. The summed E-state index contributed by atoms with van der Waals surface area (Å²) in [6.45, 7) is 8.03. The number of anilines is 1. The highest BCUT2D eigenvalue weighted by Gasteiger charge is 2.34. The van der Waals surface area contributed by atoms with E-state index < -0.39 is 0 Å². The molecule has 2 aliphatic rings. The second-order valence-corrected chi connectivity index (χ2v) is 8.61. The Morgan fingerprint density at radius 1 is 1.31 bits per heavy atom. The van der Waals surface area contributed by atoms with Crippen LogP contribution in [0.25, 0.3) is 0 Å². The molecule has 2 aromatic rings. The van der Waals surface area contributed by atoms with Gasteiger partial charge in [-0.2, -0.15) is 0 Å². The molecule has 1 atom stereocenters. The fourth-order valence-electron chi connectivity index (χ4n) is 4.17. The Hall–Kier alpha value is -2.25. The molecule has 6 nitrogen and oxygen atoms in total. The normalized spacial score (nSPS) is 21.0. The Morgan fingerprint density at radius 2 is 2.10 bits per heavy atom. The second-order valence-electron chi connectivity index (χ2n) is 8.61. The van der Waals surface area contributed by atoms with Gasteiger partial charge in [0, 0.05) is 49.1 Å². The maximum atomic E-state index is 14.3. The summed E-state index contributed by atoms with van der Waals surface area (Å²) >= 11 is 0. The number of aromatic nitrogens is 2.